The minimum atomic E-state index is -2.93. The van der Waals surface area contributed by atoms with E-state index in [-0.39, 0.29) is 24.2 Å². The number of aliphatic hydroxyl groups excluding tert-OH is 1. The largest absolute Gasteiger partial charge is 0.451 e. The van der Waals surface area contributed by atoms with E-state index < -0.39 is 54.2 Å². The quantitative estimate of drug-likeness (QED) is 0.277. The van der Waals surface area contributed by atoms with Gasteiger partial charge in [-0.3, -0.25) is 9.59 Å². The fourth-order valence-electron chi connectivity index (χ4n) is 4.84. The van der Waals surface area contributed by atoms with Gasteiger partial charge in [0, 0.05) is 18.2 Å². The number of benzene rings is 2. The van der Waals surface area contributed by atoms with Crippen LogP contribution in [0, 0.1) is 12.3 Å². The van der Waals surface area contributed by atoms with Crippen LogP contribution >= 0.6 is 0 Å². The van der Waals surface area contributed by atoms with Gasteiger partial charge in [0.2, 0.25) is 11.8 Å². The lowest BCUT2D eigenvalue weighted by molar-refractivity contribution is -0.133. The lowest BCUT2D eigenvalue weighted by atomic mass is 9.78. The first-order valence-electron chi connectivity index (χ1n) is 12.6. The molecule has 10 heteroatoms. The second-order valence-electron chi connectivity index (χ2n) is 10.3. The summed E-state index contributed by atoms with van der Waals surface area (Å²) in [4.78, 5) is 26.5. The van der Waals surface area contributed by atoms with Gasteiger partial charge in [0.1, 0.15) is 22.8 Å². The highest BCUT2D eigenvalue weighted by Gasteiger charge is 2.52. The summed E-state index contributed by atoms with van der Waals surface area (Å²) in [6.07, 6.45) is 0.294. The van der Waals surface area contributed by atoms with Crippen LogP contribution in [0.5, 0.6) is 0 Å². The number of carbonyl (C=O) groups is 2. The van der Waals surface area contributed by atoms with E-state index in [4.69, 9.17) is 10.8 Å². The first kappa shape index (κ1) is 26.8. The van der Waals surface area contributed by atoms with Gasteiger partial charge in [0.05, 0.1) is 0 Å². The Hall–Kier alpha value is -3.84. The Bertz CT molecular complexity index is 1440. The molecule has 0 aliphatic heterocycles. The van der Waals surface area contributed by atoms with Gasteiger partial charge in [-0.15, -0.1) is 6.42 Å². The maximum atomic E-state index is 14.0. The SMILES string of the molecule is C#CC1(NC(=O)C2(NC(=O)c3cc4ccc(-c5ccc(C(O)C(F)F)cc5)cc4o3)CCC(F)(F)CC2)CC1. The molecule has 0 bridgehead atoms. The zero-order valence-electron chi connectivity index (χ0n) is 20.8. The zero-order chi connectivity index (χ0) is 28.0. The molecular weight excluding hydrogens is 516 g/mol. The second-order valence-corrected chi connectivity index (χ2v) is 10.3. The van der Waals surface area contributed by atoms with Gasteiger partial charge in [0.15, 0.2) is 5.76 Å². The fraction of sp³-hybridized carbons (Fsp3) is 0.379. The maximum absolute atomic E-state index is 14.0. The molecule has 0 spiro atoms. The third-order valence-electron chi connectivity index (χ3n) is 7.57. The molecule has 3 N–H and O–H groups in total. The van der Waals surface area contributed by atoms with E-state index in [0.29, 0.717) is 34.9 Å². The number of hydrogen-bond donors (Lipinski definition) is 3. The minimum Gasteiger partial charge on any atom is -0.451 e. The predicted molar refractivity (Wildman–Crippen MR) is 135 cm³/mol. The van der Waals surface area contributed by atoms with Crippen LogP contribution in [-0.4, -0.2) is 40.3 Å². The summed E-state index contributed by atoms with van der Waals surface area (Å²) in [5.41, 5.74) is -0.574. The molecule has 2 saturated carbocycles. The Morgan fingerprint density at radius 2 is 1.56 bits per heavy atom. The Morgan fingerprint density at radius 3 is 2.15 bits per heavy atom. The lowest BCUT2D eigenvalue weighted by Crippen LogP contribution is -2.62. The summed E-state index contributed by atoms with van der Waals surface area (Å²) < 4.78 is 59.2. The average Bonchev–Trinajstić information content (AvgIpc) is 3.56. The monoisotopic (exact) mass is 542 g/mol. The standard InChI is InChI=1S/C29H26F4N2O4/c1-2-27(9-10-27)35-26(38)28(11-13-29(32,33)14-12-28)34-25(37)22-16-20-8-7-19(15-21(20)39-22)17-3-5-18(6-4-17)23(36)24(30)31/h1,3-8,15-16,23-24,36H,9-14H2,(H,34,37)(H,35,38). The van der Waals surface area contributed by atoms with E-state index in [1.165, 1.54) is 18.2 Å². The number of alkyl halides is 4. The highest BCUT2D eigenvalue weighted by Crippen LogP contribution is 2.41. The number of aliphatic hydroxyl groups is 1. The summed E-state index contributed by atoms with van der Waals surface area (Å²) in [7, 11) is 0. The fourth-order valence-corrected chi connectivity index (χ4v) is 4.84. The first-order chi connectivity index (χ1) is 18.4. The first-order valence-corrected chi connectivity index (χ1v) is 12.6. The Labute approximate surface area is 221 Å². The molecule has 0 saturated heterocycles. The second kappa shape index (κ2) is 9.72. The maximum Gasteiger partial charge on any atom is 0.287 e. The smallest absolute Gasteiger partial charge is 0.287 e. The van der Waals surface area contributed by atoms with Crippen LogP contribution in [0.2, 0.25) is 0 Å². The molecule has 0 radical (unpaired) electrons. The number of fused-ring (bicyclic) bond motifs is 1. The van der Waals surface area contributed by atoms with Crippen molar-refractivity contribution >= 4 is 22.8 Å². The number of hydrogen-bond acceptors (Lipinski definition) is 4. The number of rotatable bonds is 7. The molecule has 2 aliphatic rings. The van der Waals surface area contributed by atoms with Gasteiger partial charge in [-0.05, 0) is 54.5 Å². The number of furan rings is 1. The normalized spacial score (nSPS) is 19.7. The van der Waals surface area contributed by atoms with Gasteiger partial charge in [0.25, 0.3) is 12.3 Å². The van der Waals surface area contributed by atoms with E-state index in [1.54, 1.807) is 30.3 Å². The van der Waals surface area contributed by atoms with Gasteiger partial charge in [-0.1, -0.05) is 42.3 Å². The molecule has 2 aliphatic carbocycles. The molecule has 6 nitrogen and oxygen atoms in total. The Morgan fingerprint density at radius 1 is 0.923 bits per heavy atom. The number of amides is 2. The minimum absolute atomic E-state index is 0.0834. The summed E-state index contributed by atoms with van der Waals surface area (Å²) in [6, 6.07) is 12.6. The van der Waals surface area contributed by atoms with Crippen molar-refractivity contribution in [3.05, 3.63) is 59.9 Å². The van der Waals surface area contributed by atoms with Crippen molar-refractivity contribution in [1.29, 1.82) is 0 Å². The molecule has 1 heterocycles. The predicted octanol–water partition coefficient (Wildman–Crippen LogP) is 5.36. The van der Waals surface area contributed by atoms with Crippen molar-refractivity contribution in [3.63, 3.8) is 0 Å². The number of terminal acetylenes is 1. The van der Waals surface area contributed by atoms with Crippen molar-refractivity contribution < 1.29 is 36.7 Å². The van der Waals surface area contributed by atoms with Gasteiger partial charge in [-0.25, -0.2) is 17.6 Å². The summed E-state index contributed by atoms with van der Waals surface area (Å²) >= 11 is 0. The summed E-state index contributed by atoms with van der Waals surface area (Å²) in [5, 5.41) is 15.6. The molecule has 5 rings (SSSR count). The molecule has 2 aromatic carbocycles. The van der Waals surface area contributed by atoms with Crippen molar-refractivity contribution in [1.82, 2.24) is 10.6 Å². The highest BCUT2D eigenvalue weighted by molar-refractivity contribution is 6.00. The molecule has 39 heavy (non-hydrogen) atoms. The average molecular weight is 543 g/mol. The third kappa shape index (κ3) is 5.36. The van der Waals surface area contributed by atoms with E-state index >= 15 is 0 Å². The molecule has 2 amide bonds. The van der Waals surface area contributed by atoms with E-state index in [1.807, 2.05) is 0 Å². The van der Waals surface area contributed by atoms with Crippen LogP contribution < -0.4 is 10.6 Å². The zero-order valence-corrected chi connectivity index (χ0v) is 20.8. The molecule has 1 atom stereocenters. The highest BCUT2D eigenvalue weighted by atomic mass is 19.3. The molecular formula is C29H26F4N2O4. The van der Waals surface area contributed by atoms with Gasteiger partial charge >= 0.3 is 0 Å². The van der Waals surface area contributed by atoms with Gasteiger partial charge < -0.3 is 20.2 Å². The molecule has 204 valence electrons. The van der Waals surface area contributed by atoms with Crippen LogP contribution in [0.4, 0.5) is 17.6 Å². The van der Waals surface area contributed by atoms with E-state index in [2.05, 4.69) is 16.6 Å². The van der Waals surface area contributed by atoms with Crippen LogP contribution in [0.3, 0.4) is 0 Å². The van der Waals surface area contributed by atoms with E-state index in [0.717, 1.165) is 0 Å². The number of carbonyl (C=O) groups excluding carboxylic acids is 2. The van der Waals surface area contributed by atoms with Crippen molar-refractivity contribution in [2.24, 2.45) is 0 Å². The molecule has 2 fully saturated rings. The van der Waals surface area contributed by atoms with Crippen LogP contribution in [0.25, 0.3) is 22.1 Å². The van der Waals surface area contributed by atoms with Crippen LogP contribution in [-0.2, 0) is 4.79 Å². The molecule has 1 aromatic heterocycles. The van der Waals surface area contributed by atoms with Crippen LogP contribution in [0.15, 0.2) is 52.9 Å². The summed E-state index contributed by atoms with van der Waals surface area (Å²) in [5.74, 6) is -1.79. The van der Waals surface area contributed by atoms with Gasteiger partial charge in [-0.2, -0.15) is 0 Å². The number of nitrogens with one attached hydrogen (secondary N) is 2. The van der Waals surface area contributed by atoms with Crippen molar-refractivity contribution in [3.8, 4) is 23.5 Å². The van der Waals surface area contributed by atoms with Crippen molar-refractivity contribution in [2.75, 3.05) is 0 Å². The van der Waals surface area contributed by atoms with Crippen molar-refractivity contribution in [2.45, 2.75) is 68.1 Å². The van der Waals surface area contributed by atoms with Crippen LogP contribution in [0.1, 0.15) is 60.7 Å². The Kier molecular flexibility index (Phi) is 6.67. The topological polar surface area (TPSA) is 91.6 Å². The number of halogens is 4. The van der Waals surface area contributed by atoms with E-state index in [9.17, 15) is 32.3 Å². The third-order valence-corrected chi connectivity index (χ3v) is 7.57. The molecule has 1 unspecified atom stereocenters. The molecule has 3 aromatic rings. The summed E-state index contributed by atoms with van der Waals surface area (Å²) in [6.45, 7) is 0. The lowest BCUT2D eigenvalue weighted by Gasteiger charge is -2.39. The Balaban J connectivity index is 1.37.